The number of carbonyl (C=O) groups excluding carboxylic acids is 1. The first kappa shape index (κ1) is 14.1. The molecule has 0 aliphatic carbocycles. The zero-order valence-electron chi connectivity index (χ0n) is 11.4. The Bertz CT molecular complexity index is 579. The van der Waals surface area contributed by atoms with Gasteiger partial charge in [-0.2, -0.15) is 0 Å². The van der Waals surface area contributed by atoms with E-state index in [9.17, 15) is 4.79 Å². The van der Waals surface area contributed by atoms with Crippen LogP contribution >= 0.6 is 0 Å². The molecule has 1 amide bonds. The molecule has 0 radical (unpaired) electrons. The van der Waals surface area contributed by atoms with Crippen LogP contribution in [0.1, 0.15) is 21.5 Å². The normalized spacial score (nSPS) is 10.2. The SMILES string of the molecule is COCc1ccccc1NCc1ccc(C(N)=O)cc1. The van der Waals surface area contributed by atoms with Crippen LogP contribution in [0.4, 0.5) is 5.69 Å². The van der Waals surface area contributed by atoms with Crippen LogP contribution in [0.15, 0.2) is 48.5 Å². The van der Waals surface area contributed by atoms with Gasteiger partial charge >= 0.3 is 0 Å². The lowest BCUT2D eigenvalue weighted by atomic mass is 10.1. The van der Waals surface area contributed by atoms with Crippen LogP contribution in [-0.4, -0.2) is 13.0 Å². The number of ether oxygens (including phenoxy) is 1. The van der Waals surface area contributed by atoms with Gasteiger partial charge in [-0.25, -0.2) is 0 Å². The first-order chi connectivity index (χ1) is 9.70. The summed E-state index contributed by atoms with van der Waals surface area (Å²) in [6.07, 6.45) is 0. The molecule has 0 saturated carbocycles. The lowest BCUT2D eigenvalue weighted by Gasteiger charge is -2.11. The van der Waals surface area contributed by atoms with Gasteiger partial charge in [-0.15, -0.1) is 0 Å². The molecule has 104 valence electrons. The van der Waals surface area contributed by atoms with Gasteiger partial charge in [-0.3, -0.25) is 4.79 Å². The minimum Gasteiger partial charge on any atom is -0.381 e. The summed E-state index contributed by atoms with van der Waals surface area (Å²) in [5.74, 6) is -0.407. The number of hydrogen-bond acceptors (Lipinski definition) is 3. The van der Waals surface area contributed by atoms with Crippen LogP contribution in [0.25, 0.3) is 0 Å². The number of nitrogens with one attached hydrogen (secondary N) is 1. The fourth-order valence-corrected chi connectivity index (χ4v) is 1.96. The summed E-state index contributed by atoms with van der Waals surface area (Å²) in [5, 5.41) is 3.37. The third-order valence-electron chi connectivity index (χ3n) is 3.04. The smallest absolute Gasteiger partial charge is 0.248 e. The predicted octanol–water partition coefficient (Wildman–Crippen LogP) is 2.54. The summed E-state index contributed by atoms with van der Waals surface area (Å²) >= 11 is 0. The Morgan fingerprint density at radius 3 is 2.50 bits per heavy atom. The zero-order valence-corrected chi connectivity index (χ0v) is 11.4. The van der Waals surface area contributed by atoms with Gasteiger partial charge in [0.05, 0.1) is 6.61 Å². The highest BCUT2D eigenvalue weighted by atomic mass is 16.5. The van der Waals surface area contributed by atoms with Crippen LogP contribution in [0.5, 0.6) is 0 Å². The van der Waals surface area contributed by atoms with Gasteiger partial charge in [-0.05, 0) is 23.8 Å². The minimum atomic E-state index is -0.407. The number of rotatable bonds is 6. The molecule has 0 aromatic heterocycles. The van der Waals surface area contributed by atoms with Crippen molar-refractivity contribution >= 4 is 11.6 Å². The van der Waals surface area contributed by atoms with Crippen LogP contribution in [-0.2, 0) is 17.9 Å². The van der Waals surface area contributed by atoms with Gasteiger partial charge in [0.25, 0.3) is 0 Å². The van der Waals surface area contributed by atoms with E-state index in [2.05, 4.69) is 5.32 Å². The van der Waals surface area contributed by atoms with Crippen molar-refractivity contribution in [3.63, 3.8) is 0 Å². The molecule has 0 fully saturated rings. The number of methoxy groups -OCH3 is 1. The van der Waals surface area contributed by atoms with Crippen molar-refractivity contribution in [1.82, 2.24) is 0 Å². The summed E-state index contributed by atoms with van der Waals surface area (Å²) in [7, 11) is 1.68. The molecule has 2 aromatic rings. The minimum absolute atomic E-state index is 0.407. The molecule has 0 spiro atoms. The van der Waals surface area contributed by atoms with Crippen LogP contribution in [0, 0.1) is 0 Å². The average Bonchev–Trinajstić information content (AvgIpc) is 2.47. The molecule has 0 bridgehead atoms. The Morgan fingerprint density at radius 2 is 1.85 bits per heavy atom. The molecule has 2 aromatic carbocycles. The molecule has 0 saturated heterocycles. The van der Waals surface area contributed by atoms with E-state index in [-0.39, 0.29) is 0 Å². The molecule has 0 aliphatic rings. The van der Waals surface area contributed by atoms with E-state index in [1.807, 2.05) is 36.4 Å². The maximum Gasteiger partial charge on any atom is 0.248 e. The number of para-hydroxylation sites is 1. The third-order valence-corrected chi connectivity index (χ3v) is 3.04. The molecule has 2 rings (SSSR count). The van der Waals surface area contributed by atoms with Crippen LogP contribution < -0.4 is 11.1 Å². The van der Waals surface area contributed by atoms with E-state index < -0.39 is 5.91 Å². The monoisotopic (exact) mass is 270 g/mol. The zero-order chi connectivity index (χ0) is 14.4. The van der Waals surface area contributed by atoms with E-state index in [4.69, 9.17) is 10.5 Å². The van der Waals surface area contributed by atoms with Crippen molar-refractivity contribution < 1.29 is 9.53 Å². The van der Waals surface area contributed by atoms with Crippen LogP contribution in [0.3, 0.4) is 0 Å². The number of primary amides is 1. The van der Waals surface area contributed by atoms with Gasteiger partial charge in [0, 0.05) is 30.5 Å². The Labute approximate surface area is 118 Å². The lowest BCUT2D eigenvalue weighted by Crippen LogP contribution is -2.11. The quantitative estimate of drug-likeness (QED) is 0.847. The summed E-state index contributed by atoms with van der Waals surface area (Å²) in [6, 6.07) is 15.3. The number of hydrogen-bond donors (Lipinski definition) is 2. The maximum atomic E-state index is 11.0. The second-order valence-corrected chi connectivity index (χ2v) is 4.50. The van der Waals surface area contributed by atoms with E-state index in [1.165, 1.54) is 0 Å². The maximum absolute atomic E-state index is 11.0. The molecule has 0 aliphatic heterocycles. The van der Waals surface area contributed by atoms with E-state index >= 15 is 0 Å². The molecule has 3 N–H and O–H groups in total. The summed E-state index contributed by atoms with van der Waals surface area (Å²) < 4.78 is 5.17. The van der Waals surface area contributed by atoms with Gasteiger partial charge in [0.15, 0.2) is 0 Å². The second kappa shape index (κ2) is 6.73. The van der Waals surface area contributed by atoms with E-state index in [0.717, 1.165) is 16.8 Å². The highest BCUT2D eigenvalue weighted by Crippen LogP contribution is 2.17. The molecule has 0 unspecified atom stereocenters. The van der Waals surface area contributed by atoms with E-state index in [0.29, 0.717) is 18.7 Å². The largest absolute Gasteiger partial charge is 0.381 e. The number of nitrogens with two attached hydrogens (primary N) is 1. The molecule has 20 heavy (non-hydrogen) atoms. The molecule has 4 heteroatoms. The highest BCUT2D eigenvalue weighted by molar-refractivity contribution is 5.92. The number of anilines is 1. The number of amides is 1. The van der Waals surface area contributed by atoms with Gasteiger partial charge in [-0.1, -0.05) is 30.3 Å². The summed E-state index contributed by atoms with van der Waals surface area (Å²) in [4.78, 5) is 11.0. The van der Waals surface area contributed by atoms with Gasteiger partial charge in [0.1, 0.15) is 0 Å². The topological polar surface area (TPSA) is 64.3 Å². The van der Waals surface area contributed by atoms with Crippen molar-refractivity contribution in [3.05, 3.63) is 65.2 Å². The Balaban J connectivity index is 2.03. The molecule has 0 atom stereocenters. The van der Waals surface area contributed by atoms with Gasteiger partial charge in [0.2, 0.25) is 5.91 Å². The average molecular weight is 270 g/mol. The fourth-order valence-electron chi connectivity index (χ4n) is 1.96. The molecular formula is C16H18N2O2. The van der Waals surface area contributed by atoms with Crippen molar-refractivity contribution in [3.8, 4) is 0 Å². The van der Waals surface area contributed by atoms with Crippen molar-refractivity contribution in [1.29, 1.82) is 0 Å². The standard InChI is InChI=1S/C16H18N2O2/c1-20-11-14-4-2-3-5-15(14)18-10-12-6-8-13(9-7-12)16(17)19/h2-9,18H,10-11H2,1H3,(H2,17,19). The predicted molar refractivity (Wildman–Crippen MR) is 79.4 cm³/mol. The van der Waals surface area contributed by atoms with Crippen LogP contribution in [0.2, 0.25) is 0 Å². The summed E-state index contributed by atoms with van der Waals surface area (Å²) in [6.45, 7) is 1.25. The summed E-state index contributed by atoms with van der Waals surface area (Å²) in [5.41, 5.74) is 8.98. The van der Waals surface area contributed by atoms with Gasteiger partial charge < -0.3 is 15.8 Å². The molecule has 0 heterocycles. The Hall–Kier alpha value is -2.33. The first-order valence-electron chi connectivity index (χ1n) is 6.40. The Morgan fingerprint density at radius 1 is 1.15 bits per heavy atom. The number of carbonyl (C=O) groups is 1. The van der Waals surface area contributed by atoms with Crippen molar-refractivity contribution in [2.24, 2.45) is 5.73 Å². The molecular weight excluding hydrogens is 252 g/mol. The number of benzene rings is 2. The third kappa shape index (κ3) is 3.59. The lowest BCUT2D eigenvalue weighted by molar-refractivity contribution is 0.100. The second-order valence-electron chi connectivity index (χ2n) is 4.50. The van der Waals surface area contributed by atoms with Crippen molar-refractivity contribution in [2.75, 3.05) is 12.4 Å². The Kier molecular flexibility index (Phi) is 4.74. The van der Waals surface area contributed by atoms with E-state index in [1.54, 1.807) is 19.2 Å². The highest BCUT2D eigenvalue weighted by Gasteiger charge is 2.02. The molecule has 4 nitrogen and oxygen atoms in total. The first-order valence-corrected chi connectivity index (χ1v) is 6.40. The van der Waals surface area contributed by atoms with Crippen molar-refractivity contribution in [2.45, 2.75) is 13.2 Å². The fraction of sp³-hybridized carbons (Fsp3) is 0.188.